The van der Waals surface area contributed by atoms with E-state index in [0.29, 0.717) is 3.67 Å². The molecule has 0 spiro atoms. The van der Waals surface area contributed by atoms with Crippen molar-refractivity contribution in [3.05, 3.63) is 65.2 Å². The zero-order valence-electron chi connectivity index (χ0n) is 10.5. The average Bonchev–Trinajstić information content (AvgIpc) is 2.67. The Kier molecular flexibility index (Phi) is 6.04. The summed E-state index contributed by atoms with van der Waals surface area (Å²) in [6.07, 6.45) is 2.37. The predicted molar refractivity (Wildman–Crippen MR) is 68.3 cm³/mol. The Hall–Kier alpha value is -0.370. The van der Waals surface area contributed by atoms with Gasteiger partial charge in [0.05, 0.1) is 0 Å². The Bertz CT molecular complexity index is 591. The minimum Gasteiger partial charge on any atom is -1.00 e. The van der Waals surface area contributed by atoms with Gasteiger partial charge in [0.2, 0.25) is 0 Å². The Labute approximate surface area is 141 Å². The standard InChI is InChI=1S/C16H13.2ClH.Hf/c1-12-10-14-8-5-9-15(16(14)11-12)13-6-3-2-4-7-13;;;/h2-11H,1H3;2*1H;/q;;;+2/p-2. The van der Waals surface area contributed by atoms with E-state index in [1.807, 2.05) is 0 Å². The van der Waals surface area contributed by atoms with E-state index in [1.165, 1.54) is 52.2 Å². The topological polar surface area (TPSA) is 0 Å². The molecule has 2 aromatic carbocycles. The van der Waals surface area contributed by atoms with E-state index in [1.54, 1.807) is 0 Å². The van der Waals surface area contributed by atoms with Crippen molar-refractivity contribution in [3.8, 4) is 11.1 Å². The average molecular weight is 455 g/mol. The van der Waals surface area contributed by atoms with Gasteiger partial charge in [-0.3, -0.25) is 0 Å². The second-order valence-corrected chi connectivity index (χ2v) is 6.57. The summed E-state index contributed by atoms with van der Waals surface area (Å²) in [5.41, 5.74) is 7.19. The van der Waals surface area contributed by atoms with Crippen LogP contribution in [0.1, 0.15) is 21.7 Å². The van der Waals surface area contributed by atoms with Crippen LogP contribution in [-0.2, 0) is 24.4 Å². The minimum atomic E-state index is 0. The van der Waals surface area contributed by atoms with Gasteiger partial charge in [0.25, 0.3) is 0 Å². The number of hydrogen-bond acceptors (Lipinski definition) is 0. The van der Waals surface area contributed by atoms with E-state index >= 15 is 0 Å². The van der Waals surface area contributed by atoms with Crippen LogP contribution in [0, 0.1) is 0 Å². The van der Waals surface area contributed by atoms with Gasteiger partial charge in [0.1, 0.15) is 0 Å². The van der Waals surface area contributed by atoms with Crippen molar-refractivity contribution in [3.63, 3.8) is 0 Å². The number of halogens is 2. The zero-order chi connectivity index (χ0) is 11.8. The Balaban J connectivity index is 0.000000902. The molecular formula is C16H13Cl2Hf. The molecule has 0 aromatic heterocycles. The summed E-state index contributed by atoms with van der Waals surface area (Å²) >= 11 is 1.21. The Morgan fingerprint density at radius 3 is 2.26 bits per heavy atom. The van der Waals surface area contributed by atoms with Crippen molar-refractivity contribution < 1.29 is 49.2 Å². The number of benzene rings is 2. The van der Waals surface area contributed by atoms with E-state index in [0.717, 1.165) is 0 Å². The van der Waals surface area contributed by atoms with E-state index in [9.17, 15) is 0 Å². The van der Waals surface area contributed by atoms with Crippen LogP contribution in [0.5, 0.6) is 0 Å². The summed E-state index contributed by atoms with van der Waals surface area (Å²) in [6, 6.07) is 17.4. The van der Waals surface area contributed by atoms with E-state index in [2.05, 4.69) is 61.5 Å². The maximum Gasteiger partial charge on any atom is -1.00 e. The van der Waals surface area contributed by atoms with Gasteiger partial charge < -0.3 is 24.8 Å². The molecular weight excluding hydrogens is 442 g/mol. The number of fused-ring (bicyclic) bond motifs is 1. The SMILES string of the molecule is CC1=Cc2c(-c3ccccc3)cccc2[CH]1[Hf+2].[Cl-].[Cl-]. The van der Waals surface area contributed by atoms with Crippen LogP contribution in [0.3, 0.4) is 0 Å². The second kappa shape index (κ2) is 6.88. The number of rotatable bonds is 1. The van der Waals surface area contributed by atoms with Crippen LogP contribution in [0.4, 0.5) is 0 Å². The predicted octanol–water partition coefficient (Wildman–Crippen LogP) is -1.63. The Morgan fingerprint density at radius 2 is 1.58 bits per heavy atom. The van der Waals surface area contributed by atoms with Crippen molar-refractivity contribution in [2.75, 3.05) is 0 Å². The summed E-state index contributed by atoms with van der Waals surface area (Å²) in [5, 5.41) is 0. The first-order chi connectivity index (χ1) is 8.27. The minimum absolute atomic E-state index is 0. The molecule has 0 saturated heterocycles. The Morgan fingerprint density at radius 1 is 0.895 bits per heavy atom. The van der Waals surface area contributed by atoms with E-state index in [-0.39, 0.29) is 24.8 Å². The quantitative estimate of drug-likeness (QED) is 0.454. The summed E-state index contributed by atoms with van der Waals surface area (Å²) in [7, 11) is 0. The molecule has 95 valence electrons. The fraction of sp³-hybridized carbons (Fsp3) is 0.125. The smallest absolute Gasteiger partial charge is 1.00 e. The first-order valence-electron chi connectivity index (χ1n) is 5.85. The van der Waals surface area contributed by atoms with E-state index in [4.69, 9.17) is 0 Å². The van der Waals surface area contributed by atoms with Crippen molar-refractivity contribution in [2.45, 2.75) is 10.6 Å². The van der Waals surface area contributed by atoms with Crippen LogP contribution in [0.2, 0.25) is 0 Å². The molecule has 0 amide bonds. The molecule has 1 aliphatic rings. The molecule has 0 heterocycles. The molecule has 1 aliphatic carbocycles. The second-order valence-electron chi connectivity index (χ2n) is 4.50. The normalized spacial score (nSPS) is 15.9. The van der Waals surface area contributed by atoms with Crippen molar-refractivity contribution in [2.24, 2.45) is 0 Å². The van der Waals surface area contributed by atoms with Gasteiger partial charge in [-0.05, 0) is 0 Å². The molecule has 0 fully saturated rings. The molecule has 0 radical (unpaired) electrons. The molecule has 19 heavy (non-hydrogen) atoms. The van der Waals surface area contributed by atoms with Gasteiger partial charge in [-0.2, -0.15) is 0 Å². The zero-order valence-corrected chi connectivity index (χ0v) is 15.6. The van der Waals surface area contributed by atoms with Crippen LogP contribution < -0.4 is 24.8 Å². The molecule has 1 atom stereocenters. The van der Waals surface area contributed by atoms with Gasteiger partial charge in [-0.15, -0.1) is 0 Å². The fourth-order valence-electron chi connectivity index (χ4n) is 2.42. The largest absolute Gasteiger partial charge is 1.00 e. The van der Waals surface area contributed by atoms with Crippen molar-refractivity contribution >= 4 is 6.08 Å². The first-order valence-corrected chi connectivity index (χ1v) is 7.92. The monoisotopic (exact) mass is 455 g/mol. The van der Waals surface area contributed by atoms with Crippen LogP contribution >= 0.6 is 0 Å². The number of hydrogen-bond donors (Lipinski definition) is 0. The molecule has 0 N–H and O–H groups in total. The van der Waals surface area contributed by atoms with Crippen LogP contribution in [0.15, 0.2) is 54.1 Å². The van der Waals surface area contributed by atoms with Gasteiger partial charge in [-0.25, -0.2) is 0 Å². The maximum atomic E-state index is 2.37. The van der Waals surface area contributed by atoms with Gasteiger partial charge >= 0.3 is 117 Å². The summed E-state index contributed by atoms with van der Waals surface area (Å²) in [5.74, 6) is 0. The third-order valence-electron chi connectivity index (χ3n) is 3.36. The molecule has 0 bridgehead atoms. The molecule has 3 rings (SSSR count). The molecule has 0 saturated carbocycles. The van der Waals surface area contributed by atoms with E-state index < -0.39 is 0 Å². The maximum absolute atomic E-state index is 2.37. The van der Waals surface area contributed by atoms with Gasteiger partial charge in [-0.1, -0.05) is 0 Å². The summed E-state index contributed by atoms with van der Waals surface area (Å²) in [6.45, 7) is 2.26. The molecule has 2 aromatic rings. The first kappa shape index (κ1) is 16.7. The van der Waals surface area contributed by atoms with Crippen LogP contribution in [0.25, 0.3) is 17.2 Å². The third kappa shape index (κ3) is 3.04. The molecule has 0 nitrogen and oxygen atoms in total. The molecule has 3 heteroatoms. The van der Waals surface area contributed by atoms with Crippen LogP contribution in [-0.4, -0.2) is 0 Å². The molecule has 0 aliphatic heterocycles. The third-order valence-corrected chi connectivity index (χ3v) is 6.12. The fourth-order valence-corrected chi connectivity index (χ4v) is 3.63. The van der Waals surface area contributed by atoms with Crippen molar-refractivity contribution in [1.82, 2.24) is 0 Å². The van der Waals surface area contributed by atoms with Crippen molar-refractivity contribution in [1.29, 1.82) is 0 Å². The molecule has 1 unspecified atom stereocenters. The summed E-state index contributed by atoms with van der Waals surface area (Å²) < 4.78 is 0.702. The van der Waals surface area contributed by atoms with Gasteiger partial charge in [0, 0.05) is 0 Å². The van der Waals surface area contributed by atoms with Gasteiger partial charge in [0.15, 0.2) is 0 Å². The summed E-state index contributed by atoms with van der Waals surface area (Å²) in [4.78, 5) is 0. The number of allylic oxidation sites excluding steroid dienone is 1.